The Morgan fingerprint density at radius 1 is 1.33 bits per heavy atom. The fourth-order valence-corrected chi connectivity index (χ4v) is 3.16. The molecule has 0 bridgehead atoms. The Labute approximate surface area is 141 Å². The molecule has 0 aliphatic heterocycles. The van der Waals surface area contributed by atoms with E-state index < -0.39 is 5.97 Å². The normalized spacial score (nSPS) is 11.0. The van der Waals surface area contributed by atoms with Crippen LogP contribution in [0.5, 0.6) is 0 Å². The van der Waals surface area contributed by atoms with Crippen molar-refractivity contribution in [1.29, 1.82) is 0 Å². The van der Waals surface area contributed by atoms with E-state index in [0.29, 0.717) is 28.5 Å². The average molecular weight is 339 g/mol. The van der Waals surface area contributed by atoms with Crippen molar-refractivity contribution >= 4 is 23.0 Å². The monoisotopic (exact) mass is 339 g/mol. The molecule has 4 aromatic heterocycles. The summed E-state index contributed by atoms with van der Waals surface area (Å²) in [7, 11) is 0. The molecule has 4 heterocycles. The molecule has 4 rings (SSSR count). The molecule has 0 amide bonds. The highest BCUT2D eigenvalue weighted by Crippen LogP contribution is 2.25. The number of carbonyl (C=O) groups excluding carboxylic acids is 1. The molecule has 4 aromatic rings. The molecule has 24 heavy (non-hydrogen) atoms. The van der Waals surface area contributed by atoms with Crippen molar-refractivity contribution in [3.05, 3.63) is 65.1 Å². The van der Waals surface area contributed by atoms with Gasteiger partial charge in [-0.25, -0.2) is 9.78 Å². The van der Waals surface area contributed by atoms with Crippen LogP contribution in [-0.4, -0.2) is 20.5 Å². The number of aryl methyl sites for hydroxylation is 1. The molecule has 7 heteroatoms. The van der Waals surface area contributed by atoms with E-state index in [-0.39, 0.29) is 6.61 Å². The van der Waals surface area contributed by atoms with Gasteiger partial charge in [0.2, 0.25) is 0 Å². The van der Waals surface area contributed by atoms with E-state index in [1.807, 2.05) is 35.7 Å². The van der Waals surface area contributed by atoms with Gasteiger partial charge in [-0.15, -0.1) is 11.3 Å². The lowest BCUT2D eigenvalue weighted by Crippen LogP contribution is -2.09. The topological polar surface area (TPSA) is 69.6 Å². The maximum atomic E-state index is 12.4. The minimum Gasteiger partial charge on any atom is -0.454 e. The van der Waals surface area contributed by atoms with Gasteiger partial charge in [0.25, 0.3) is 0 Å². The molecule has 0 aliphatic carbocycles. The highest BCUT2D eigenvalue weighted by atomic mass is 32.1. The quantitative estimate of drug-likeness (QED) is 0.530. The van der Waals surface area contributed by atoms with Crippen LogP contribution >= 0.6 is 11.3 Å². The van der Waals surface area contributed by atoms with Crippen LogP contribution in [0, 0.1) is 6.92 Å². The number of hydrogen-bond donors (Lipinski definition) is 0. The van der Waals surface area contributed by atoms with Crippen molar-refractivity contribution in [3.63, 3.8) is 0 Å². The minimum absolute atomic E-state index is 0.0488. The molecule has 120 valence electrons. The van der Waals surface area contributed by atoms with Crippen molar-refractivity contribution in [2.45, 2.75) is 13.5 Å². The first-order valence-electron chi connectivity index (χ1n) is 7.32. The molecular formula is C17H13N3O3S. The van der Waals surface area contributed by atoms with Crippen molar-refractivity contribution in [2.75, 3.05) is 0 Å². The summed E-state index contributed by atoms with van der Waals surface area (Å²) < 4.78 is 12.4. The molecule has 0 saturated heterocycles. The van der Waals surface area contributed by atoms with E-state index in [2.05, 4.69) is 10.1 Å². The summed E-state index contributed by atoms with van der Waals surface area (Å²) in [6.07, 6.45) is 1.79. The van der Waals surface area contributed by atoms with Crippen molar-refractivity contribution in [3.8, 4) is 10.6 Å². The van der Waals surface area contributed by atoms with Crippen LogP contribution in [-0.2, 0) is 11.3 Å². The van der Waals surface area contributed by atoms with E-state index in [9.17, 15) is 4.79 Å². The van der Waals surface area contributed by atoms with Crippen molar-refractivity contribution in [2.24, 2.45) is 0 Å². The Morgan fingerprint density at radius 2 is 2.25 bits per heavy atom. The fourth-order valence-electron chi connectivity index (χ4n) is 2.48. The molecular weight excluding hydrogens is 326 g/mol. The second-order valence-corrected chi connectivity index (χ2v) is 6.16. The number of hydrogen-bond acceptors (Lipinski definition) is 6. The van der Waals surface area contributed by atoms with E-state index in [0.717, 1.165) is 4.88 Å². The maximum Gasteiger partial charge on any atom is 0.357 e. The van der Waals surface area contributed by atoms with Gasteiger partial charge >= 0.3 is 5.97 Å². The fraction of sp³-hybridized carbons (Fsp3) is 0.118. The third-order valence-corrected chi connectivity index (χ3v) is 4.46. The van der Waals surface area contributed by atoms with E-state index in [4.69, 9.17) is 9.26 Å². The van der Waals surface area contributed by atoms with Crippen molar-refractivity contribution < 1.29 is 14.1 Å². The number of aromatic nitrogens is 3. The van der Waals surface area contributed by atoms with Crippen molar-refractivity contribution in [1.82, 2.24) is 14.5 Å². The number of carbonyl (C=O) groups is 1. The zero-order valence-electron chi connectivity index (χ0n) is 12.8. The Morgan fingerprint density at radius 3 is 3.08 bits per heavy atom. The number of nitrogens with zero attached hydrogens (tertiary/aromatic N) is 3. The average Bonchev–Trinajstić information content (AvgIpc) is 3.31. The molecule has 0 fully saturated rings. The molecule has 0 aromatic carbocycles. The predicted octanol–water partition coefficient (Wildman–Crippen LogP) is 3.72. The van der Waals surface area contributed by atoms with Crippen LogP contribution in [0.25, 0.3) is 16.3 Å². The number of fused-ring (bicyclic) bond motifs is 1. The zero-order chi connectivity index (χ0) is 16.5. The van der Waals surface area contributed by atoms with Gasteiger partial charge in [-0.1, -0.05) is 17.3 Å². The summed E-state index contributed by atoms with van der Waals surface area (Å²) in [6, 6.07) is 11.2. The number of pyridine rings is 1. The summed E-state index contributed by atoms with van der Waals surface area (Å²) >= 11 is 1.56. The Bertz CT molecular complexity index is 1000. The lowest BCUT2D eigenvalue weighted by molar-refractivity contribution is 0.0455. The molecule has 0 aliphatic rings. The molecule has 0 radical (unpaired) electrons. The SMILES string of the molecule is Cc1nc2ccccn2c1C(=O)OCc1cc(-c2cccs2)on1. The predicted molar refractivity (Wildman–Crippen MR) is 88.9 cm³/mol. The Hall–Kier alpha value is -2.93. The standard InChI is InChI=1S/C17H13N3O3S/c1-11-16(20-7-3-2-6-15(20)18-11)17(21)22-10-12-9-13(23-19-12)14-5-4-8-24-14/h2-9H,10H2,1H3. The van der Waals surface area contributed by atoms with Gasteiger partial charge < -0.3 is 9.26 Å². The minimum atomic E-state index is -0.438. The number of imidazole rings is 1. The van der Waals surface area contributed by atoms with E-state index >= 15 is 0 Å². The summed E-state index contributed by atoms with van der Waals surface area (Å²) in [5.74, 6) is 0.230. The third kappa shape index (κ3) is 2.59. The molecule has 0 unspecified atom stereocenters. The first kappa shape index (κ1) is 14.6. The third-order valence-electron chi connectivity index (χ3n) is 3.57. The van der Waals surface area contributed by atoms with Crippen LogP contribution < -0.4 is 0 Å². The maximum absolute atomic E-state index is 12.4. The van der Waals surface area contributed by atoms with E-state index in [1.165, 1.54) is 0 Å². The van der Waals surface area contributed by atoms with Crippen LogP contribution in [0.2, 0.25) is 0 Å². The molecule has 0 spiro atoms. The lowest BCUT2D eigenvalue weighted by Gasteiger charge is -2.03. The highest BCUT2D eigenvalue weighted by Gasteiger charge is 2.18. The van der Waals surface area contributed by atoms with E-state index in [1.54, 1.807) is 34.9 Å². The molecule has 0 N–H and O–H groups in total. The van der Waals surface area contributed by atoms with Gasteiger partial charge in [0.05, 0.1) is 10.6 Å². The lowest BCUT2D eigenvalue weighted by atomic mass is 10.3. The largest absolute Gasteiger partial charge is 0.454 e. The van der Waals surface area contributed by atoms with Crippen LogP contribution in [0.4, 0.5) is 0 Å². The summed E-state index contributed by atoms with van der Waals surface area (Å²) in [5.41, 5.74) is 2.33. The summed E-state index contributed by atoms with van der Waals surface area (Å²) in [5, 5.41) is 5.91. The van der Waals surface area contributed by atoms with Gasteiger partial charge in [0.15, 0.2) is 11.5 Å². The highest BCUT2D eigenvalue weighted by molar-refractivity contribution is 7.13. The van der Waals surface area contributed by atoms with Gasteiger partial charge in [-0.2, -0.15) is 0 Å². The first-order chi connectivity index (χ1) is 11.7. The second-order valence-electron chi connectivity index (χ2n) is 5.21. The number of rotatable bonds is 4. The van der Waals surface area contributed by atoms with Crippen LogP contribution in [0.15, 0.2) is 52.5 Å². The summed E-state index contributed by atoms with van der Waals surface area (Å²) in [6.45, 7) is 1.84. The van der Waals surface area contributed by atoms with Gasteiger partial charge in [-0.3, -0.25) is 4.40 Å². The molecule has 0 atom stereocenters. The summed E-state index contributed by atoms with van der Waals surface area (Å²) in [4.78, 5) is 17.8. The molecule has 6 nitrogen and oxygen atoms in total. The smallest absolute Gasteiger partial charge is 0.357 e. The Balaban J connectivity index is 1.51. The number of esters is 1. The number of ether oxygens (including phenoxy) is 1. The number of thiophene rings is 1. The van der Waals surface area contributed by atoms with Crippen LogP contribution in [0.1, 0.15) is 21.9 Å². The zero-order valence-corrected chi connectivity index (χ0v) is 13.6. The van der Waals surface area contributed by atoms with Crippen LogP contribution in [0.3, 0.4) is 0 Å². The second kappa shape index (κ2) is 5.93. The van der Waals surface area contributed by atoms with Gasteiger partial charge in [-0.05, 0) is 30.5 Å². The first-order valence-corrected chi connectivity index (χ1v) is 8.20. The molecule has 0 saturated carbocycles. The van der Waals surface area contributed by atoms with Gasteiger partial charge in [0, 0.05) is 12.3 Å². The Kier molecular flexibility index (Phi) is 3.62. The van der Waals surface area contributed by atoms with Gasteiger partial charge in [0.1, 0.15) is 17.9 Å².